The molecule has 3 aromatic rings. The number of nitriles is 1. The fraction of sp³-hybridized carbons (Fsp3) is 0.190. The maximum absolute atomic E-state index is 9.75. The Morgan fingerprint density at radius 1 is 1.11 bits per heavy atom. The van der Waals surface area contributed by atoms with E-state index >= 15 is 0 Å². The van der Waals surface area contributed by atoms with Crippen LogP contribution >= 0.6 is 0 Å². The van der Waals surface area contributed by atoms with Crippen molar-refractivity contribution in [1.29, 1.82) is 10.7 Å². The number of aromatic nitrogens is 2. The van der Waals surface area contributed by atoms with E-state index in [2.05, 4.69) is 16.3 Å². The molecule has 0 saturated heterocycles. The molecular formula is C21H19N5O. The van der Waals surface area contributed by atoms with E-state index in [1.54, 1.807) is 0 Å². The van der Waals surface area contributed by atoms with Crippen molar-refractivity contribution >= 4 is 11.6 Å². The number of benzene rings is 2. The minimum atomic E-state index is -0.706. The third kappa shape index (κ3) is 2.83. The number of fused-ring (bicyclic) bond motifs is 1. The van der Waals surface area contributed by atoms with E-state index in [9.17, 15) is 5.26 Å². The minimum Gasteiger partial charge on any atom is -0.422 e. The highest BCUT2D eigenvalue weighted by molar-refractivity contribution is 5.86. The highest BCUT2D eigenvalue weighted by Crippen LogP contribution is 2.45. The third-order valence-electron chi connectivity index (χ3n) is 4.87. The topological polar surface area (TPSA) is 88.8 Å². The molecule has 2 aromatic carbocycles. The van der Waals surface area contributed by atoms with Crippen LogP contribution in [0, 0.1) is 22.7 Å². The Labute approximate surface area is 157 Å². The summed E-state index contributed by atoms with van der Waals surface area (Å²) in [5.41, 5.74) is 4.64. The minimum absolute atomic E-state index is 0.0715. The zero-order valence-electron chi connectivity index (χ0n) is 15.1. The van der Waals surface area contributed by atoms with E-state index < -0.39 is 5.92 Å². The number of anilines is 1. The molecular weight excluding hydrogens is 338 g/mol. The molecule has 134 valence electrons. The zero-order valence-corrected chi connectivity index (χ0v) is 15.1. The molecule has 1 aliphatic rings. The number of H-pyrrole nitrogens is 1. The second kappa shape index (κ2) is 6.61. The molecule has 0 bridgehead atoms. The molecule has 1 aromatic heterocycles. The summed E-state index contributed by atoms with van der Waals surface area (Å²) in [6.45, 7) is 0. The van der Waals surface area contributed by atoms with Gasteiger partial charge in [0.1, 0.15) is 5.92 Å². The second-order valence-corrected chi connectivity index (χ2v) is 6.72. The van der Waals surface area contributed by atoms with Crippen molar-refractivity contribution in [3.63, 3.8) is 0 Å². The smallest absolute Gasteiger partial charge is 0.244 e. The van der Waals surface area contributed by atoms with Crippen molar-refractivity contribution in [2.45, 2.75) is 5.92 Å². The lowest BCUT2D eigenvalue weighted by Gasteiger charge is -2.28. The van der Waals surface area contributed by atoms with Crippen molar-refractivity contribution in [3.8, 4) is 23.2 Å². The van der Waals surface area contributed by atoms with Crippen LogP contribution in [-0.4, -0.2) is 30.2 Å². The Bertz CT molecular complexity index is 1010. The lowest BCUT2D eigenvalue weighted by atomic mass is 9.79. The zero-order chi connectivity index (χ0) is 19.0. The normalized spacial score (nSPS) is 18.3. The first kappa shape index (κ1) is 16.9. The summed E-state index contributed by atoms with van der Waals surface area (Å²) in [6, 6.07) is 20.1. The van der Waals surface area contributed by atoms with Gasteiger partial charge in [0.05, 0.1) is 17.3 Å². The van der Waals surface area contributed by atoms with Crippen molar-refractivity contribution in [2.24, 2.45) is 5.92 Å². The van der Waals surface area contributed by atoms with Gasteiger partial charge in [-0.25, -0.2) is 0 Å². The molecule has 0 saturated carbocycles. The summed E-state index contributed by atoms with van der Waals surface area (Å²) >= 11 is 0. The first-order valence-electron chi connectivity index (χ1n) is 8.67. The van der Waals surface area contributed by atoms with Gasteiger partial charge in [0.15, 0.2) is 0 Å². The number of nitrogens with zero attached hydrogens (tertiary/aromatic N) is 3. The van der Waals surface area contributed by atoms with Crippen molar-refractivity contribution < 1.29 is 4.74 Å². The molecule has 6 nitrogen and oxygen atoms in total. The maximum atomic E-state index is 9.75. The van der Waals surface area contributed by atoms with Crippen LogP contribution < -0.4 is 9.64 Å². The van der Waals surface area contributed by atoms with Crippen LogP contribution in [0.5, 0.6) is 5.88 Å². The van der Waals surface area contributed by atoms with Gasteiger partial charge in [0, 0.05) is 25.7 Å². The average molecular weight is 357 g/mol. The fourth-order valence-corrected chi connectivity index (χ4v) is 3.48. The van der Waals surface area contributed by atoms with Gasteiger partial charge < -0.3 is 9.64 Å². The summed E-state index contributed by atoms with van der Waals surface area (Å²) in [5, 5.41) is 25.2. The number of nitrogens with one attached hydrogen (secondary N) is 2. The van der Waals surface area contributed by atoms with Crippen LogP contribution in [0.15, 0.2) is 54.6 Å². The Kier molecular flexibility index (Phi) is 4.13. The predicted molar refractivity (Wildman–Crippen MR) is 104 cm³/mol. The molecule has 0 amide bonds. The standard InChI is InChI=1S/C21H19N5O/c1-26(2)15-10-8-13(9-11-15)17-16(12-22)20(23)27-21-18(17)19(24-25-21)14-6-4-3-5-7-14/h3-11,16-17,23H,1-2H3,(H,24,25). The fourth-order valence-electron chi connectivity index (χ4n) is 3.48. The van der Waals surface area contributed by atoms with Crippen LogP contribution in [0.1, 0.15) is 17.0 Å². The Morgan fingerprint density at radius 2 is 1.81 bits per heavy atom. The van der Waals surface area contributed by atoms with Gasteiger partial charge in [-0.15, -0.1) is 5.10 Å². The lowest BCUT2D eigenvalue weighted by Crippen LogP contribution is -2.30. The van der Waals surface area contributed by atoms with Crippen LogP contribution in [0.4, 0.5) is 5.69 Å². The predicted octanol–water partition coefficient (Wildman–Crippen LogP) is 3.78. The maximum Gasteiger partial charge on any atom is 0.244 e. The van der Waals surface area contributed by atoms with Gasteiger partial charge in [-0.05, 0) is 23.3 Å². The highest BCUT2D eigenvalue weighted by Gasteiger charge is 2.40. The molecule has 4 rings (SSSR count). The molecule has 27 heavy (non-hydrogen) atoms. The Morgan fingerprint density at radius 3 is 2.44 bits per heavy atom. The number of aromatic amines is 1. The molecule has 2 N–H and O–H groups in total. The summed E-state index contributed by atoms with van der Waals surface area (Å²) in [6.07, 6.45) is 0. The Balaban J connectivity index is 1.89. The molecule has 0 radical (unpaired) electrons. The largest absolute Gasteiger partial charge is 0.422 e. The van der Waals surface area contributed by atoms with Crippen molar-refractivity contribution in [2.75, 3.05) is 19.0 Å². The van der Waals surface area contributed by atoms with Gasteiger partial charge in [0.2, 0.25) is 11.8 Å². The van der Waals surface area contributed by atoms with E-state index in [0.717, 1.165) is 28.1 Å². The number of rotatable bonds is 3. The Hall–Kier alpha value is -3.59. The lowest BCUT2D eigenvalue weighted by molar-refractivity contribution is 0.437. The van der Waals surface area contributed by atoms with E-state index in [1.807, 2.05) is 73.6 Å². The van der Waals surface area contributed by atoms with Gasteiger partial charge in [-0.2, -0.15) is 5.26 Å². The van der Waals surface area contributed by atoms with Crippen LogP contribution in [0.3, 0.4) is 0 Å². The highest BCUT2D eigenvalue weighted by atomic mass is 16.5. The van der Waals surface area contributed by atoms with Gasteiger partial charge >= 0.3 is 0 Å². The molecule has 2 atom stereocenters. The van der Waals surface area contributed by atoms with Crippen LogP contribution in [-0.2, 0) is 0 Å². The van der Waals surface area contributed by atoms with E-state index in [0.29, 0.717) is 5.88 Å². The molecule has 0 spiro atoms. The SMILES string of the molecule is CN(C)c1ccc(C2c3c(n[nH]c3-c3ccccc3)OC(=N)C2C#N)cc1. The molecule has 0 fully saturated rings. The first-order valence-corrected chi connectivity index (χ1v) is 8.67. The van der Waals surface area contributed by atoms with E-state index in [1.165, 1.54) is 0 Å². The summed E-state index contributed by atoms with van der Waals surface area (Å²) in [4.78, 5) is 2.02. The number of ether oxygens (including phenoxy) is 1. The van der Waals surface area contributed by atoms with Crippen molar-refractivity contribution in [1.82, 2.24) is 10.2 Å². The molecule has 2 unspecified atom stereocenters. The van der Waals surface area contributed by atoms with Gasteiger partial charge in [-0.3, -0.25) is 10.5 Å². The van der Waals surface area contributed by atoms with E-state index in [-0.39, 0.29) is 11.8 Å². The van der Waals surface area contributed by atoms with Gasteiger partial charge in [0.25, 0.3) is 0 Å². The quantitative estimate of drug-likeness (QED) is 0.746. The van der Waals surface area contributed by atoms with E-state index in [4.69, 9.17) is 10.1 Å². The number of hydrogen-bond donors (Lipinski definition) is 2. The molecule has 2 heterocycles. The summed E-state index contributed by atoms with van der Waals surface area (Å²) in [5.74, 6) is -0.732. The molecule has 6 heteroatoms. The number of hydrogen-bond acceptors (Lipinski definition) is 5. The van der Waals surface area contributed by atoms with Crippen LogP contribution in [0.25, 0.3) is 11.3 Å². The monoisotopic (exact) mass is 357 g/mol. The van der Waals surface area contributed by atoms with Crippen LogP contribution in [0.2, 0.25) is 0 Å². The van der Waals surface area contributed by atoms with Gasteiger partial charge in [-0.1, -0.05) is 42.5 Å². The third-order valence-corrected chi connectivity index (χ3v) is 4.87. The molecule has 0 aliphatic carbocycles. The van der Waals surface area contributed by atoms with Crippen molar-refractivity contribution in [3.05, 3.63) is 65.7 Å². The molecule has 1 aliphatic heterocycles. The summed E-state index contributed by atoms with van der Waals surface area (Å²) < 4.78 is 5.56. The average Bonchev–Trinajstić information content (AvgIpc) is 3.11. The first-order chi connectivity index (χ1) is 13.1. The second-order valence-electron chi connectivity index (χ2n) is 6.72. The summed E-state index contributed by atoms with van der Waals surface area (Å²) in [7, 11) is 3.97.